The molecule has 0 aliphatic heterocycles. The van der Waals surface area contributed by atoms with Gasteiger partial charge in [-0.1, -0.05) is 23.8 Å². The Morgan fingerprint density at radius 1 is 1.47 bits per heavy atom. The van der Waals surface area contributed by atoms with Crippen LogP contribution in [-0.2, 0) is 4.79 Å². The normalized spacial score (nSPS) is 37.7. The highest BCUT2D eigenvalue weighted by Crippen LogP contribution is 2.49. The minimum absolute atomic E-state index is 0.604. The highest BCUT2D eigenvalue weighted by Gasteiger charge is 2.41. The molecular weight excluding hydrogens is 184 g/mol. The Hall–Kier alpha value is -0.850. The van der Waals surface area contributed by atoms with E-state index in [9.17, 15) is 4.79 Å². The first-order valence-electron chi connectivity index (χ1n) is 5.97. The first-order valence-corrected chi connectivity index (χ1v) is 5.97. The molecule has 4 unspecified atom stereocenters. The lowest BCUT2D eigenvalue weighted by Crippen LogP contribution is -2.10. The van der Waals surface area contributed by atoms with Crippen molar-refractivity contribution in [3.05, 3.63) is 23.8 Å². The minimum atomic E-state index is 0.604. The van der Waals surface area contributed by atoms with E-state index in [4.69, 9.17) is 0 Å². The molecular formula is C14H20O. The van der Waals surface area contributed by atoms with Gasteiger partial charge in [-0.3, -0.25) is 0 Å². The third kappa shape index (κ3) is 2.06. The van der Waals surface area contributed by atoms with Crippen LogP contribution in [0.5, 0.6) is 0 Å². The molecule has 0 N–H and O–H groups in total. The van der Waals surface area contributed by atoms with E-state index in [1.807, 2.05) is 0 Å². The zero-order chi connectivity index (χ0) is 10.8. The van der Waals surface area contributed by atoms with Crippen molar-refractivity contribution in [1.29, 1.82) is 0 Å². The molecule has 0 saturated heterocycles. The van der Waals surface area contributed by atoms with Crippen molar-refractivity contribution in [1.82, 2.24) is 0 Å². The molecule has 2 aliphatic rings. The molecule has 82 valence electrons. The third-order valence-corrected chi connectivity index (χ3v) is 3.88. The molecule has 15 heavy (non-hydrogen) atoms. The number of hydrogen-bond acceptors (Lipinski definition) is 1. The topological polar surface area (TPSA) is 17.1 Å². The fourth-order valence-corrected chi connectivity index (χ4v) is 3.34. The van der Waals surface area contributed by atoms with Crippen LogP contribution >= 0.6 is 0 Å². The number of allylic oxidation sites excluding steroid dienone is 4. The summed E-state index contributed by atoms with van der Waals surface area (Å²) < 4.78 is 0. The Kier molecular flexibility index (Phi) is 3.08. The lowest BCUT2D eigenvalue weighted by Gasteiger charge is -2.16. The van der Waals surface area contributed by atoms with Crippen LogP contribution < -0.4 is 0 Å². The average Bonchev–Trinajstić information content (AvgIpc) is 2.71. The Morgan fingerprint density at radius 2 is 2.27 bits per heavy atom. The summed E-state index contributed by atoms with van der Waals surface area (Å²) in [4.78, 5) is 10.6. The van der Waals surface area contributed by atoms with Crippen LogP contribution in [0.2, 0.25) is 0 Å². The molecule has 4 atom stereocenters. The third-order valence-electron chi connectivity index (χ3n) is 3.88. The summed E-state index contributed by atoms with van der Waals surface area (Å²) in [7, 11) is 0. The summed E-state index contributed by atoms with van der Waals surface area (Å²) in [5, 5.41) is 0. The van der Waals surface area contributed by atoms with E-state index in [0.29, 0.717) is 17.8 Å². The maximum absolute atomic E-state index is 10.6. The van der Waals surface area contributed by atoms with E-state index < -0.39 is 0 Å². The number of hydrogen-bond donors (Lipinski definition) is 0. The van der Waals surface area contributed by atoms with Crippen molar-refractivity contribution in [2.24, 2.45) is 23.7 Å². The van der Waals surface area contributed by atoms with Crippen LogP contribution in [0.1, 0.15) is 33.1 Å². The van der Waals surface area contributed by atoms with Gasteiger partial charge in [-0.2, -0.15) is 0 Å². The zero-order valence-electron chi connectivity index (χ0n) is 9.65. The van der Waals surface area contributed by atoms with Gasteiger partial charge in [-0.15, -0.1) is 0 Å². The second-order valence-corrected chi connectivity index (χ2v) is 5.21. The van der Waals surface area contributed by atoms with Gasteiger partial charge in [-0.05, 0) is 50.4 Å². The van der Waals surface area contributed by atoms with E-state index in [1.165, 1.54) is 18.4 Å². The van der Waals surface area contributed by atoms with E-state index >= 15 is 0 Å². The maximum atomic E-state index is 10.6. The smallest absolute Gasteiger partial charge is 0.120 e. The number of aldehydes is 1. The van der Waals surface area contributed by atoms with Crippen molar-refractivity contribution in [2.75, 3.05) is 0 Å². The number of carbonyl (C=O) groups excluding carboxylic acids is 1. The fraction of sp³-hybridized carbons (Fsp3) is 0.643. The SMILES string of the molecule is CC(C)=CC1CC(CC=O)C2C=CCC12. The Bertz CT molecular complexity index is 296. The molecule has 1 fully saturated rings. The first kappa shape index (κ1) is 10.7. The lowest BCUT2D eigenvalue weighted by atomic mass is 9.88. The van der Waals surface area contributed by atoms with Crippen LogP contribution in [0.25, 0.3) is 0 Å². The van der Waals surface area contributed by atoms with Crippen molar-refractivity contribution >= 4 is 6.29 Å². The zero-order valence-corrected chi connectivity index (χ0v) is 9.65. The molecule has 0 aromatic rings. The Morgan fingerprint density at radius 3 is 2.93 bits per heavy atom. The number of fused-ring (bicyclic) bond motifs is 1. The predicted molar refractivity (Wildman–Crippen MR) is 62.4 cm³/mol. The molecule has 0 heterocycles. The van der Waals surface area contributed by atoms with Crippen LogP contribution in [0.15, 0.2) is 23.8 Å². The van der Waals surface area contributed by atoms with Crippen LogP contribution in [-0.4, -0.2) is 6.29 Å². The number of carbonyl (C=O) groups is 1. The molecule has 0 aromatic heterocycles. The van der Waals surface area contributed by atoms with Gasteiger partial charge < -0.3 is 4.79 Å². The van der Waals surface area contributed by atoms with Crippen LogP contribution in [0, 0.1) is 23.7 Å². The molecule has 0 aromatic carbocycles. The van der Waals surface area contributed by atoms with Crippen molar-refractivity contribution < 1.29 is 4.79 Å². The molecule has 0 bridgehead atoms. The molecule has 1 heteroatoms. The van der Waals surface area contributed by atoms with Crippen LogP contribution in [0.3, 0.4) is 0 Å². The summed E-state index contributed by atoms with van der Waals surface area (Å²) in [6.45, 7) is 4.34. The summed E-state index contributed by atoms with van der Waals surface area (Å²) in [6, 6.07) is 0. The molecule has 0 amide bonds. The van der Waals surface area contributed by atoms with Gasteiger partial charge in [0, 0.05) is 6.42 Å². The second kappa shape index (κ2) is 4.34. The van der Waals surface area contributed by atoms with Gasteiger partial charge in [0.1, 0.15) is 6.29 Å². The fourth-order valence-electron chi connectivity index (χ4n) is 3.34. The van der Waals surface area contributed by atoms with Gasteiger partial charge in [0.25, 0.3) is 0 Å². The molecule has 1 saturated carbocycles. The van der Waals surface area contributed by atoms with E-state index in [1.54, 1.807) is 0 Å². The highest BCUT2D eigenvalue weighted by molar-refractivity contribution is 5.50. The van der Waals surface area contributed by atoms with Crippen molar-refractivity contribution in [3.63, 3.8) is 0 Å². The number of rotatable bonds is 3. The standard InChI is InChI=1S/C14H20O/c1-10(2)8-12-9-11(6-7-15)13-4-3-5-14(12)13/h3-4,7-8,11-14H,5-6,9H2,1-2H3. The Balaban J connectivity index is 2.11. The van der Waals surface area contributed by atoms with Gasteiger partial charge >= 0.3 is 0 Å². The quantitative estimate of drug-likeness (QED) is 0.509. The summed E-state index contributed by atoms with van der Waals surface area (Å²) in [6.07, 6.45) is 11.3. The van der Waals surface area contributed by atoms with Gasteiger partial charge in [0.2, 0.25) is 0 Å². The van der Waals surface area contributed by atoms with E-state index in [0.717, 1.165) is 18.6 Å². The monoisotopic (exact) mass is 204 g/mol. The van der Waals surface area contributed by atoms with Gasteiger partial charge in [0.05, 0.1) is 0 Å². The lowest BCUT2D eigenvalue weighted by molar-refractivity contribution is -0.108. The maximum Gasteiger partial charge on any atom is 0.120 e. The molecule has 0 spiro atoms. The molecule has 0 radical (unpaired) electrons. The largest absolute Gasteiger partial charge is 0.303 e. The second-order valence-electron chi connectivity index (χ2n) is 5.21. The van der Waals surface area contributed by atoms with Gasteiger partial charge in [-0.25, -0.2) is 0 Å². The van der Waals surface area contributed by atoms with E-state index in [-0.39, 0.29) is 0 Å². The first-order chi connectivity index (χ1) is 7.22. The van der Waals surface area contributed by atoms with Crippen LogP contribution in [0.4, 0.5) is 0 Å². The van der Waals surface area contributed by atoms with Crippen molar-refractivity contribution in [2.45, 2.75) is 33.1 Å². The van der Waals surface area contributed by atoms with Crippen molar-refractivity contribution in [3.8, 4) is 0 Å². The summed E-state index contributed by atoms with van der Waals surface area (Å²) >= 11 is 0. The average molecular weight is 204 g/mol. The van der Waals surface area contributed by atoms with E-state index in [2.05, 4.69) is 32.1 Å². The minimum Gasteiger partial charge on any atom is -0.303 e. The molecule has 2 rings (SSSR count). The summed E-state index contributed by atoms with van der Waals surface area (Å²) in [5.41, 5.74) is 1.41. The molecule has 2 aliphatic carbocycles. The predicted octanol–water partition coefficient (Wildman–Crippen LogP) is 3.37. The molecule has 1 nitrogen and oxygen atoms in total. The highest BCUT2D eigenvalue weighted by atomic mass is 16.1. The Labute approximate surface area is 92.3 Å². The summed E-state index contributed by atoms with van der Waals surface area (Å²) in [5.74, 6) is 2.77. The van der Waals surface area contributed by atoms with Gasteiger partial charge in [0.15, 0.2) is 0 Å².